The van der Waals surface area contributed by atoms with E-state index in [0.717, 1.165) is 17.5 Å². The number of benzene rings is 2. The Bertz CT molecular complexity index is 997. The van der Waals surface area contributed by atoms with E-state index in [9.17, 15) is 14.4 Å². The first-order valence-electron chi connectivity index (χ1n) is 13.0. The Labute approximate surface area is 220 Å². The van der Waals surface area contributed by atoms with Gasteiger partial charge >= 0.3 is 0 Å². The molecule has 3 unspecified atom stereocenters. The van der Waals surface area contributed by atoms with E-state index in [-0.39, 0.29) is 17.7 Å². The minimum atomic E-state index is -0.742. The average Bonchev–Trinajstić information content (AvgIpc) is 3.37. The highest BCUT2D eigenvalue weighted by Gasteiger charge is 2.42. The molecule has 0 spiro atoms. The van der Waals surface area contributed by atoms with Crippen molar-refractivity contribution < 1.29 is 14.4 Å². The Hall–Kier alpha value is -3.23. The Morgan fingerprint density at radius 2 is 1.51 bits per heavy atom. The van der Waals surface area contributed by atoms with Crippen molar-refractivity contribution in [2.24, 2.45) is 5.41 Å². The van der Waals surface area contributed by atoms with Crippen molar-refractivity contribution in [2.75, 3.05) is 13.6 Å². The van der Waals surface area contributed by atoms with Gasteiger partial charge in [-0.3, -0.25) is 19.8 Å². The molecular formula is C29H41N5O3. The van der Waals surface area contributed by atoms with Crippen LogP contribution in [0, 0.1) is 5.41 Å². The number of hydrazine groups is 1. The molecule has 1 heterocycles. The van der Waals surface area contributed by atoms with E-state index < -0.39 is 23.5 Å². The normalized spacial score (nSPS) is 17.4. The standard InChI is InChI=1S/C29H41N5O3/c1-21(30-5)26(35)31-25(29(2,3)4)28(37)34-18-12-17-24(34)27(36)32-33(19-22-13-8-6-9-14-22)20-23-15-10-7-11-16-23/h6-11,13-16,21,24-25,30H,12,17-20H2,1-5H3,(H,31,35)(H,32,36). The molecule has 3 rings (SSSR count). The molecule has 37 heavy (non-hydrogen) atoms. The Morgan fingerprint density at radius 1 is 0.973 bits per heavy atom. The summed E-state index contributed by atoms with van der Waals surface area (Å²) in [6.45, 7) is 9.07. The molecule has 0 radical (unpaired) electrons. The second-order valence-electron chi connectivity index (χ2n) is 10.8. The molecule has 3 amide bonds. The third-order valence-electron chi connectivity index (χ3n) is 6.77. The molecular weight excluding hydrogens is 466 g/mol. The summed E-state index contributed by atoms with van der Waals surface area (Å²) in [4.78, 5) is 41.5. The predicted octanol–water partition coefficient (Wildman–Crippen LogP) is 2.85. The number of carbonyl (C=O) groups is 3. The fourth-order valence-corrected chi connectivity index (χ4v) is 4.49. The quantitative estimate of drug-likeness (QED) is 0.430. The maximum absolute atomic E-state index is 13.7. The van der Waals surface area contributed by atoms with Crippen molar-refractivity contribution in [2.45, 2.75) is 71.8 Å². The number of likely N-dealkylation sites (N-methyl/N-ethyl adjacent to an activating group) is 1. The minimum Gasteiger partial charge on any atom is -0.342 e. The van der Waals surface area contributed by atoms with E-state index in [1.54, 1.807) is 18.9 Å². The SMILES string of the molecule is CNC(C)C(=O)NC(C(=O)N1CCCC1C(=O)NN(Cc1ccccc1)Cc1ccccc1)C(C)(C)C. The molecule has 3 atom stereocenters. The van der Waals surface area contributed by atoms with E-state index in [2.05, 4.69) is 16.1 Å². The second kappa shape index (κ2) is 12.8. The summed E-state index contributed by atoms with van der Waals surface area (Å²) in [5.41, 5.74) is 4.72. The molecule has 8 nitrogen and oxygen atoms in total. The number of nitrogens with zero attached hydrogens (tertiary/aromatic N) is 2. The van der Waals surface area contributed by atoms with Crippen LogP contribution in [-0.2, 0) is 27.5 Å². The van der Waals surface area contributed by atoms with Crippen LogP contribution in [0.5, 0.6) is 0 Å². The van der Waals surface area contributed by atoms with Gasteiger partial charge in [0, 0.05) is 19.6 Å². The van der Waals surface area contributed by atoms with Gasteiger partial charge in [0.05, 0.1) is 6.04 Å². The van der Waals surface area contributed by atoms with E-state index >= 15 is 0 Å². The fraction of sp³-hybridized carbons (Fsp3) is 0.483. The minimum absolute atomic E-state index is 0.208. The highest BCUT2D eigenvalue weighted by Crippen LogP contribution is 2.26. The van der Waals surface area contributed by atoms with Crippen LogP contribution in [0.3, 0.4) is 0 Å². The van der Waals surface area contributed by atoms with Crippen LogP contribution < -0.4 is 16.1 Å². The molecule has 200 valence electrons. The van der Waals surface area contributed by atoms with Crippen molar-refractivity contribution in [1.82, 2.24) is 26.0 Å². The van der Waals surface area contributed by atoms with Gasteiger partial charge in [0.1, 0.15) is 12.1 Å². The van der Waals surface area contributed by atoms with Crippen LogP contribution in [0.1, 0.15) is 51.7 Å². The van der Waals surface area contributed by atoms with Gasteiger partial charge in [-0.2, -0.15) is 0 Å². The van der Waals surface area contributed by atoms with Crippen LogP contribution in [0.4, 0.5) is 0 Å². The lowest BCUT2D eigenvalue weighted by Crippen LogP contribution is -2.60. The number of rotatable bonds is 10. The molecule has 0 aliphatic carbocycles. The molecule has 1 fully saturated rings. The molecule has 1 aliphatic heterocycles. The Morgan fingerprint density at radius 3 is 2.00 bits per heavy atom. The van der Waals surface area contributed by atoms with Gasteiger partial charge in [0.2, 0.25) is 11.8 Å². The van der Waals surface area contributed by atoms with Gasteiger partial charge in [-0.25, -0.2) is 5.01 Å². The van der Waals surface area contributed by atoms with Crippen LogP contribution in [0.25, 0.3) is 0 Å². The molecule has 8 heteroatoms. The van der Waals surface area contributed by atoms with Crippen molar-refractivity contribution >= 4 is 17.7 Å². The molecule has 2 aromatic carbocycles. The van der Waals surface area contributed by atoms with Crippen molar-refractivity contribution in [3.05, 3.63) is 71.8 Å². The lowest BCUT2D eigenvalue weighted by molar-refractivity contribution is -0.145. The number of likely N-dealkylation sites (tertiary alicyclic amines) is 1. The number of amides is 3. The largest absolute Gasteiger partial charge is 0.342 e. The Kier molecular flexibility index (Phi) is 9.83. The van der Waals surface area contributed by atoms with Crippen molar-refractivity contribution in [3.63, 3.8) is 0 Å². The van der Waals surface area contributed by atoms with Gasteiger partial charge in [0.15, 0.2) is 0 Å². The molecule has 3 N–H and O–H groups in total. The third-order valence-corrected chi connectivity index (χ3v) is 6.77. The summed E-state index contributed by atoms with van der Waals surface area (Å²) >= 11 is 0. The highest BCUT2D eigenvalue weighted by atomic mass is 16.2. The summed E-state index contributed by atoms with van der Waals surface area (Å²) in [6, 6.07) is 18.2. The van der Waals surface area contributed by atoms with Gasteiger partial charge in [-0.15, -0.1) is 0 Å². The van der Waals surface area contributed by atoms with Gasteiger partial charge in [-0.1, -0.05) is 81.4 Å². The molecule has 0 aromatic heterocycles. The number of nitrogens with one attached hydrogen (secondary N) is 3. The zero-order valence-electron chi connectivity index (χ0n) is 22.7. The zero-order valence-corrected chi connectivity index (χ0v) is 22.7. The number of hydrogen-bond donors (Lipinski definition) is 3. The molecule has 1 aliphatic rings. The third kappa shape index (κ3) is 7.87. The van der Waals surface area contributed by atoms with E-state index in [1.807, 2.05) is 86.4 Å². The summed E-state index contributed by atoms with van der Waals surface area (Å²) in [7, 11) is 1.70. The van der Waals surface area contributed by atoms with E-state index in [1.165, 1.54) is 0 Å². The van der Waals surface area contributed by atoms with Crippen molar-refractivity contribution in [1.29, 1.82) is 0 Å². The number of carbonyl (C=O) groups excluding carboxylic acids is 3. The maximum Gasteiger partial charge on any atom is 0.257 e. The first-order valence-corrected chi connectivity index (χ1v) is 13.0. The topological polar surface area (TPSA) is 93.8 Å². The lowest BCUT2D eigenvalue weighted by atomic mass is 9.85. The molecule has 0 saturated carbocycles. The van der Waals surface area contributed by atoms with E-state index in [4.69, 9.17) is 0 Å². The average molecular weight is 508 g/mol. The second-order valence-corrected chi connectivity index (χ2v) is 10.8. The molecule has 1 saturated heterocycles. The van der Waals surface area contributed by atoms with Crippen LogP contribution >= 0.6 is 0 Å². The van der Waals surface area contributed by atoms with Gasteiger partial charge in [0.25, 0.3) is 5.91 Å². The van der Waals surface area contributed by atoms with Gasteiger partial charge in [-0.05, 0) is 43.4 Å². The monoisotopic (exact) mass is 507 g/mol. The van der Waals surface area contributed by atoms with Crippen molar-refractivity contribution in [3.8, 4) is 0 Å². The summed E-state index contributed by atoms with van der Waals surface area (Å²) in [5, 5.41) is 7.72. The first kappa shape index (κ1) is 28.3. The molecule has 0 bridgehead atoms. The summed E-state index contributed by atoms with van der Waals surface area (Å²) in [5.74, 6) is -0.673. The zero-order chi connectivity index (χ0) is 27.0. The fourth-order valence-electron chi connectivity index (χ4n) is 4.49. The first-order chi connectivity index (χ1) is 17.6. The summed E-state index contributed by atoms with van der Waals surface area (Å²) < 4.78 is 0. The van der Waals surface area contributed by atoms with Crippen LogP contribution in [-0.4, -0.2) is 59.3 Å². The predicted molar refractivity (Wildman–Crippen MR) is 145 cm³/mol. The van der Waals surface area contributed by atoms with Crippen LogP contribution in [0.15, 0.2) is 60.7 Å². The Balaban J connectivity index is 1.76. The smallest absolute Gasteiger partial charge is 0.257 e. The van der Waals surface area contributed by atoms with Crippen LogP contribution in [0.2, 0.25) is 0 Å². The van der Waals surface area contributed by atoms with E-state index in [0.29, 0.717) is 26.1 Å². The lowest BCUT2D eigenvalue weighted by Gasteiger charge is -2.36. The highest BCUT2D eigenvalue weighted by molar-refractivity contribution is 5.93. The maximum atomic E-state index is 13.7. The van der Waals surface area contributed by atoms with Gasteiger partial charge < -0.3 is 15.5 Å². The number of hydrogen-bond acceptors (Lipinski definition) is 5. The summed E-state index contributed by atoms with van der Waals surface area (Å²) in [6.07, 6.45) is 1.32. The molecule has 2 aromatic rings.